The van der Waals surface area contributed by atoms with Gasteiger partial charge in [-0.1, -0.05) is 0 Å². The number of nitrogens with zero attached hydrogens (tertiary/aromatic N) is 1. The third-order valence-electron chi connectivity index (χ3n) is 5.07. The van der Waals surface area contributed by atoms with Crippen LogP contribution in [0.1, 0.15) is 44.9 Å². The van der Waals surface area contributed by atoms with Crippen LogP contribution in [0.5, 0.6) is 0 Å². The van der Waals surface area contributed by atoms with E-state index in [9.17, 15) is 9.59 Å². The average molecular weight is 293 g/mol. The van der Waals surface area contributed by atoms with Crippen molar-refractivity contribution in [1.29, 1.82) is 0 Å². The van der Waals surface area contributed by atoms with Crippen LogP contribution in [0.4, 0.5) is 0 Å². The van der Waals surface area contributed by atoms with Crippen LogP contribution < -0.4 is 10.6 Å². The van der Waals surface area contributed by atoms with E-state index in [0.717, 1.165) is 58.3 Å². The van der Waals surface area contributed by atoms with Crippen LogP contribution in [-0.2, 0) is 9.59 Å². The first-order valence-corrected chi connectivity index (χ1v) is 8.51. The van der Waals surface area contributed by atoms with Crippen molar-refractivity contribution in [3.63, 3.8) is 0 Å². The molecule has 3 aliphatic rings. The molecule has 3 fully saturated rings. The van der Waals surface area contributed by atoms with Crippen LogP contribution in [0, 0.1) is 11.8 Å². The zero-order valence-corrected chi connectivity index (χ0v) is 12.8. The van der Waals surface area contributed by atoms with Gasteiger partial charge in [0.15, 0.2) is 0 Å². The van der Waals surface area contributed by atoms with Crippen LogP contribution in [0.25, 0.3) is 0 Å². The fourth-order valence-corrected chi connectivity index (χ4v) is 3.38. The highest BCUT2D eigenvalue weighted by molar-refractivity contribution is 5.81. The quantitative estimate of drug-likeness (QED) is 0.791. The molecule has 21 heavy (non-hydrogen) atoms. The summed E-state index contributed by atoms with van der Waals surface area (Å²) in [7, 11) is 0. The van der Waals surface area contributed by atoms with Crippen molar-refractivity contribution in [3.05, 3.63) is 0 Å². The zero-order chi connectivity index (χ0) is 14.7. The number of piperidine rings is 1. The van der Waals surface area contributed by atoms with E-state index in [1.165, 1.54) is 6.42 Å². The molecule has 0 aromatic carbocycles. The highest BCUT2D eigenvalue weighted by Gasteiger charge is 2.32. The Bertz CT molecular complexity index is 381. The third kappa shape index (κ3) is 4.19. The predicted molar refractivity (Wildman–Crippen MR) is 80.7 cm³/mol. The number of carbonyl (C=O) groups is 2. The Morgan fingerprint density at radius 2 is 1.86 bits per heavy atom. The first-order valence-electron chi connectivity index (χ1n) is 8.51. The van der Waals surface area contributed by atoms with Gasteiger partial charge < -0.3 is 15.5 Å². The molecule has 0 aromatic rings. The van der Waals surface area contributed by atoms with Crippen molar-refractivity contribution < 1.29 is 9.59 Å². The maximum Gasteiger partial charge on any atom is 0.223 e. The van der Waals surface area contributed by atoms with Gasteiger partial charge in [0.1, 0.15) is 0 Å². The van der Waals surface area contributed by atoms with E-state index in [0.29, 0.717) is 18.2 Å². The number of carbonyl (C=O) groups excluding carboxylic acids is 2. The van der Waals surface area contributed by atoms with Gasteiger partial charge in [0.2, 0.25) is 11.8 Å². The van der Waals surface area contributed by atoms with Crippen molar-refractivity contribution in [2.45, 2.75) is 51.0 Å². The van der Waals surface area contributed by atoms with Crippen molar-refractivity contribution in [2.24, 2.45) is 11.8 Å². The molecule has 2 N–H and O–H groups in total. The molecular weight excluding hydrogens is 266 g/mol. The lowest BCUT2D eigenvalue weighted by molar-refractivity contribution is -0.132. The van der Waals surface area contributed by atoms with E-state index in [1.54, 1.807) is 0 Å². The topological polar surface area (TPSA) is 61.4 Å². The third-order valence-corrected chi connectivity index (χ3v) is 5.07. The molecule has 2 amide bonds. The van der Waals surface area contributed by atoms with Gasteiger partial charge >= 0.3 is 0 Å². The minimum atomic E-state index is 0.230. The van der Waals surface area contributed by atoms with Gasteiger partial charge in [-0.15, -0.1) is 0 Å². The smallest absolute Gasteiger partial charge is 0.223 e. The highest BCUT2D eigenvalue weighted by atomic mass is 16.2. The van der Waals surface area contributed by atoms with E-state index in [-0.39, 0.29) is 17.9 Å². The van der Waals surface area contributed by atoms with E-state index >= 15 is 0 Å². The summed E-state index contributed by atoms with van der Waals surface area (Å²) in [6, 6.07) is 0.279. The number of amides is 2. The molecular formula is C16H27N3O2. The van der Waals surface area contributed by atoms with Crippen LogP contribution in [0.2, 0.25) is 0 Å². The SMILES string of the molecule is O=C(NC1CCN(C(=O)CCC2CCNC2)CC1)C1CC1. The Kier molecular flexibility index (Phi) is 4.78. The second-order valence-electron chi connectivity index (χ2n) is 6.84. The first-order chi connectivity index (χ1) is 10.2. The number of hydrogen-bond donors (Lipinski definition) is 2. The maximum atomic E-state index is 12.2. The first kappa shape index (κ1) is 14.8. The van der Waals surface area contributed by atoms with Crippen molar-refractivity contribution in [1.82, 2.24) is 15.5 Å². The zero-order valence-electron chi connectivity index (χ0n) is 12.8. The second-order valence-corrected chi connectivity index (χ2v) is 6.84. The maximum absolute atomic E-state index is 12.2. The normalized spacial score (nSPS) is 26.9. The minimum Gasteiger partial charge on any atom is -0.353 e. The Labute approximate surface area is 126 Å². The number of likely N-dealkylation sites (tertiary alicyclic amines) is 1. The summed E-state index contributed by atoms with van der Waals surface area (Å²) in [5.74, 6) is 1.50. The monoisotopic (exact) mass is 293 g/mol. The number of nitrogens with one attached hydrogen (secondary N) is 2. The van der Waals surface area contributed by atoms with Gasteiger partial charge in [0.25, 0.3) is 0 Å². The Balaban J connectivity index is 1.34. The van der Waals surface area contributed by atoms with Gasteiger partial charge in [-0.05, 0) is 57.5 Å². The Morgan fingerprint density at radius 1 is 1.10 bits per heavy atom. The summed E-state index contributed by atoms with van der Waals surface area (Å²) in [6.07, 6.45) is 6.85. The van der Waals surface area contributed by atoms with Crippen LogP contribution in [0.15, 0.2) is 0 Å². The lowest BCUT2D eigenvalue weighted by atomic mass is 10.0. The molecule has 1 unspecified atom stereocenters. The molecule has 0 radical (unpaired) electrons. The molecule has 0 spiro atoms. The second kappa shape index (κ2) is 6.77. The average Bonchev–Trinajstić information content (AvgIpc) is 3.23. The van der Waals surface area contributed by atoms with Crippen molar-refractivity contribution in [2.75, 3.05) is 26.2 Å². The van der Waals surface area contributed by atoms with Crippen molar-refractivity contribution in [3.8, 4) is 0 Å². The molecule has 2 saturated heterocycles. The molecule has 5 nitrogen and oxygen atoms in total. The summed E-state index contributed by atoms with van der Waals surface area (Å²) in [5, 5.41) is 6.48. The summed E-state index contributed by atoms with van der Waals surface area (Å²) in [4.78, 5) is 25.9. The van der Waals surface area contributed by atoms with Gasteiger partial charge in [0.05, 0.1) is 0 Å². The molecule has 2 aliphatic heterocycles. The van der Waals surface area contributed by atoms with E-state index in [2.05, 4.69) is 10.6 Å². The number of hydrogen-bond acceptors (Lipinski definition) is 3. The molecule has 1 atom stereocenters. The standard InChI is InChI=1S/C16H27N3O2/c20-15(4-1-12-5-8-17-11-12)19-9-6-14(7-10-19)18-16(21)13-2-3-13/h12-14,17H,1-11H2,(H,18,21). The lowest BCUT2D eigenvalue weighted by Crippen LogP contribution is -2.46. The molecule has 0 bridgehead atoms. The van der Waals surface area contributed by atoms with Crippen LogP contribution in [0.3, 0.4) is 0 Å². The molecule has 5 heteroatoms. The Morgan fingerprint density at radius 3 is 2.48 bits per heavy atom. The molecule has 3 rings (SSSR count). The largest absolute Gasteiger partial charge is 0.353 e. The highest BCUT2D eigenvalue weighted by Crippen LogP contribution is 2.29. The summed E-state index contributed by atoms with van der Waals surface area (Å²) >= 11 is 0. The Hall–Kier alpha value is -1.10. The molecule has 1 aliphatic carbocycles. The molecule has 2 heterocycles. The summed E-state index contributed by atoms with van der Waals surface area (Å²) < 4.78 is 0. The summed E-state index contributed by atoms with van der Waals surface area (Å²) in [6.45, 7) is 3.78. The minimum absolute atomic E-state index is 0.230. The summed E-state index contributed by atoms with van der Waals surface area (Å²) in [5.41, 5.74) is 0. The number of rotatable bonds is 5. The van der Waals surface area contributed by atoms with Gasteiger partial charge in [-0.25, -0.2) is 0 Å². The fraction of sp³-hybridized carbons (Fsp3) is 0.875. The van der Waals surface area contributed by atoms with E-state index in [4.69, 9.17) is 0 Å². The fourth-order valence-electron chi connectivity index (χ4n) is 3.38. The van der Waals surface area contributed by atoms with E-state index in [1.807, 2.05) is 4.90 Å². The van der Waals surface area contributed by atoms with Gasteiger partial charge in [-0.3, -0.25) is 9.59 Å². The van der Waals surface area contributed by atoms with Crippen molar-refractivity contribution >= 4 is 11.8 Å². The van der Waals surface area contributed by atoms with Gasteiger partial charge in [0, 0.05) is 31.5 Å². The molecule has 118 valence electrons. The molecule has 0 aromatic heterocycles. The van der Waals surface area contributed by atoms with E-state index < -0.39 is 0 Å². The van der Waals surface area contributed by atoms with Gasteiger partial charge in [-0.2, -0.15) is 0 Å². The molecule has 1 saturated carbocycles. The predicted octanol–water partition coefficient (Wildman–Crippen LogP) is 0.893. The van der Waals surface area contributed by atoms with Crippen LogP contribution >= 0.6 is 0 Å². The van der Waals surface area contributed by atoms with Crippen LogP contribution in [-0.4, -0.2) is 48.9 Å². The lowest BCUT2D eigenvalue weighted by Gasteiger charge is -2.32.